The van der Waals surface area contributed by atoms with Crippen LogP contribution < -0.4 is 5.73 Å². The van der Waals surface area contributed by atoms with Crippen molar-refractivity contribution in [1.29, 1.82) is 0 Å². The van der Waals surface area contributed by atoms with Crippen molar-refractivity contribution < 1.29 is 4.79 Å². The van der Waals surface area contributed by atoms with Crippen molar-refractivity contribution in [2.45, 2.75) is 0 Å². The molecule has 1 amide bonds. The Morgan fingerprint density at radius 1 is 1.82 bits per heavy atom. The van der Waals surface area contributed by atoms with Crippen LogP contribution in [0.2, 0.25) is 0 Å². The second kappa shape index (κ2) is 2.93. The van der Waals surface area contributed by atoms with Gasteiger partial charge in [-0.15, -0.1) is 0 Å². The number of nitrogens with two attached hydrogens (primary N) is 1. The highest BCUT2D eigenvalue weighted by Gasteiger charge is 2.09. The fourth-order valence-corrected chi connectivity index (χ4v) is 0.801. The minimum atomic E-state index is -0.422. The maximum Gasteiger partial charge on any atom is 0.246 e. The summed E-state index contributed by atoms with van der Waals surface area (Å²) in [6.45, 7) is 0.405. The lowest BCUT2D eigenvalue weighted by molar-refractivity contribution is -0.114. The lowest BCUT2D eigenvalue weighted by Gasteiger charge is -2.15. The molecule has 0 unspecified atom stereocenters. The summed E-state index contributed by atoms with van der Waals surface area (Å²) in [5.74, 6) is -0.422. The molecule has 1 aliphatic heterocycles. The summed E-state index contributed by atoms with van der Waals surface area (Å²) >= 11 is 0. The van der Waals surface area contributed by atoms with E-state index in [1.54, 1.807) is 23.3 Å². The minimum Gasteiger partial charge on any atom is -0.366 e. The van der Waals surface area contributed by atoms with Gasteiger partial charge in [0.1, 0.15) is 0 Å². The van der Waals surface area contributed by atoms with Gasteiger partial charge in [0.15, 0.2) is 0 Å². The largest absolute Gasteiger partial charge is 0.366 e. The monoisotopic (exact) mass is 148 g/mol. The standard InChI is InChI=1S/C8H8N2O/c1-2-10-5-3-4-7(6-10)8(9)11/h1,3-5H,6H2,(H2,9,11). The number of carbonyl (C=O) groups is 1. The van der Waals surface area contributed by atoms with Crippen LogP contribution in [-0.4, -0.2) is 17.4 Å². The van der Waals surface area contributed by atoms with Crippen molar-refractivity contribution in [1.82, 2.24) is 4.90 Å². The summed E-state index contributed by atoms with van der Waals surface area (Å²) in [6.07, 6.45) is 10.2. The number of rotatable bonds is 1. The number of carbonyl (C=O) groups excluding carboxylic acids is 1. The van der Waals surface area contributed by atoms with Gasteiger partial charge in [0.25, 0.3) is 0 Å². The quantitative estimate of drug-likeness (QED) is 0.524. The van der Waals surface area contributed by atoms with Gasteiger partial charge in [0.05, 0.1) is 6.54 Å². The van der Waals surface area contributed by atoms with Crippen molar-refractivity contribution in [3.8, 4) is 12.5 Å². The molecule has 0 atom stereocenters. The van der Waals surface area contributed by atoms with Gasteiger partial charge in [0, 0.05) is 17.8 Å². The lowest BCUT2D eigenvalue weighted by Crippen LogP contribution is -2.25. The second-order valence-electron chi connectivity index (χ2n) is 2.15. The molecule has 0 aromatic rings. The summed E-state index contributed by atoms with van der Waals surface area (Å²) in [6, 6.07) is 2.39. The van der Waals surface area contributed by atoms with Gasteiger partial charge in [-0.2, -0.15) is 0 Å². The van der Waals surface area contributed by atoms with Gasteiger partial charge >= 0.3 is 0 Å². The molecule has 1 rings (SSSR count). The topological polar surface area (TPSA) is 46.3 Å². The van der Waals surface area contributed by atoms with E-state index in [4.69, 9.17) is 12.2 Å². The highest BCUT2D eigenvalue weighted by molar-refractivity contribution is 5.92. The van der Waals surface area contributed by atoms with Crippen LogP contribution >= 0.6 is 0 Å². The number of terminal acetylenes is 1. The predicted molar refractivity (Wildman–Crippen MR) is 42.0 cm³/mol. The second-order valence-corrected chi connectivity index (χ2v) is 2.15. The minimum absolute atomic E-state index is 0.405. The first-order valence-corrected chi connectivity index (χ1v) is 3.14. The van der Waals surface area contributed by atoms with Crippen molar-refractivity contribution in [3.63, 3.8) is 0 Å². The average molecular weight is 148 g/mol. The van der Waals surface area contributed by atoms with Gasteiger partial charge in [-0.1, -0.05) is 12.5 Å². The van der Waals surface area contributed by atoms with Crippen molar-refractivity contribution in [2.24, 2.45) is 5.73 Å². The maximum absolute atomic E-state index is 10.6. The fraction of sp³-hybridized carbons (Fsp3) is 0.125. The van der Waals surface area contributed by atoms with E-state index in [1.165, 1.54) is 0 Å². The van der Waals surface area contributed by atoms with Crippen molar-refractivity contribution in [2.75, 3.05) is 6.54 Å². The maximum atomic E-state index is 10.6. The number of allylic oxidation sites excluding steroid dienone is 2. The lowest BCUT2D eigenvalue weighted by atomic mass is 10.2. The van der Waals surface area contributed by atoms with Crippen LogP contribution in [0.5, 0.6) is 0 Å². The molecule has 0 saturated carbocycles. The van der Waals surface area contributed by atoms with E-state index < -0.39 is 5.91 Å². The third-order valence-corrected chi connectivity index (χ3v) is 1.39. The Bertz CT molecular complexity index is 270. The molecule has 3 heteroatoms. The molecule has 1 heterocycles. The van der Waals surface area contributed by atoms with E-state index in [9.17, 15) is 4.79 Å². The molecule has 0 aromatic carbocycles. The number of primary amides is 1. The van der Waals surface area contributed by atoms with Crippen molar-refractivity contribution >= 4 is 5.91 Å². The van der Waals surface area contributed by atoms with Gasteiger partial charge in [0.2, 0.25) is 5.91 Å². The highest BCUT2D eigenvalue weighted by Crippen LogP contribution is 2.04. The molecular formula is C8H8N2O. The number of amides is 1. The normalized spacial score (nSPS) is 15.5. The molecule has 0 aromatic heterocycles. The Balaban J connectivity index is 2.74. The summed E-state index contributed by atoms with van der Waals surface area (Å²) < 4.78 is 0. The molecule has 2 N–H and O–H groups in total. The summed E-state index contributed by atoms with van der Waals surface area (Å²) in [5.41, 5.74) is 5.58. The van der Waals surface area contributed by atoms with Gasteiger partial charge < -0.3 is 10.6 Å². The van der Waals surface area contributed by atoms with E-state index in [2.05, 4.69) is 6.04 Å². The Labute approximate surface area is 65.2 Å². The first-order chi connectivity index (χ1) is 5.24. The Morgan fingerprint density at radius 2 is 2.55 bits per heavy atom. The van der Waals surface area contributed by atoms with Crippen LogP contribution in [0.4, 0.5) is 0 Å². The zero-order valence-corrected chi connectivity index (χ0v) is 5.95. The van der Waals surface area contributed by atoms with Crippen molar-refractivity contribution in [3.05, 3.63) is 23.9 Å². The summed E-state index contributed by atoms with van der Waals surface area (Å²) in [7, 11) is 0. The summed E-state index contributed by atoms with van der Waals surface area (Å²) in [4.78, 5) is 12.2. The van der Waals surface area contributed by atoms with Gasteiger partial charge in [-0.05, 0) is 6.08 Å². The van der Waals surface area contributed by atoms with Gasteiger partial charge in [-0.3, -0.25) is 4.79 Å². The van der Waals surface area contributed by atoms with E-state index in [1.807, 2.05) is 0 Å². The first kappa shape index (κ1) is 7.42. The van der Waals surface area contributed by atoms with E-state index in [-0.39, 0.29) is 0 Å². The predicted octanol–water partition coefficient (Wildman–Crippen LogP) is -0.182. The third-order valence-electron chi connectivity index (χ3n) is 1.39. The van der Waals surface area contributed by atoms with Crippen LogP contribution in [0.3, 0.4) is 0 Å². The number of hydrogen-bond acceptors (Lipinski definition) is 2. The summed E-state index contributed by atoms with van der Waals surface area (Å²) in [5, 5.41) is 0. The molecule has 0 bridgehead atoms. The SMILES string of the molecule is C#CN1C=CC=C(C(N)=O)C1. The van der Waals surface area contributed by atoms with Crippen LogP contribution in [0.15, 0.2) is 23.9 Å². The van der Waals surface area contributed by atoms with Crippen LogP contribution in [0.25, 0.3) is 0 Å². The molecule has 0 radical (unpaired) electrons. The molecule has 3 nitrogen and oxygen atoms in total. The zero-order valence-electron chi connectivity index (χ0n) is 5.95. The Morgan fingerprint density at radius 3 is 3.09 bits per heavy atom. The molecule has 0 saturated heterocycles. The van der Waals surface area contributed by atoms with Crippen LogP contribution in [-0.2, 0) is 4.79 Å². The highest BCUT2D eigenvalue weighted by atomic mass is 16.1. The molecule has 0 aliphatic carbocycles. The smallest absolute Gasteiger partial charge is 0.246 e. The molecular weight excluding hydrogens is 140 g/mol. The zero-order chi connectivity index (χ0) is 8.27. The van der Waals surface area contributed by atoms with E-state index in [0.29, 0.717) is 12.1 Å². The number of hydrogen-bond donors (Lipinski definition) is 1. The van der Waals surface area contributed by atoms with Gasteiger partial charge in [-0.25, -0.2) is 0 Å². The van der Waals surface area contributed by atoms with Crippen LogP contribution in [0, 0.1) is 12.5 Å². The van der Waals surface area contributed by atoms with E-state index >= 15 is 0 Å². The first-order valence-electron chi connectivity index (χ1n) is 3.14. The fourth-order valence-electron chi connectivity index (χ4n) is 0.801. The Kier molecular flexibility index (Phi) is 1.98. The number of nitrogens with zero attached hydrogens (tertiary/aromatic N) is 1. The third kappa shape index (κ3) is 1.62. The van der Waals surface area contributed by atoms with E-state index in [0.717, 1.165) is 0 Å². The molecule has 0 fully saturated rings. The average Bonchev–Trinajstić information content (AvgIpc) is 2.05. The molecule has 11 heavy (non-hydrogen) atoms. The molecule has 56 valence electrons. The molecule has 1 aliphatic rings. The molecule has 0 spiro atoms. The van der Waals surface area contributed by atoms with Crippen LogP contribution in [0.1, 0.15) is 0 Å². The Hall–Kier alpha value is -1.69.